The van der Waals surface area contributed by atoms with Gasteiger partial charge in [-0.05, 0) is 51.4 Å². The summed E-state index contributed by atoms with van der Waals surface area (Å²) in [5, 5.41) is 13.4. The minimum absolute atomic E-state index is 0.0572. The number of hydrogen-bond acceptors (Lipinski definition) is 5. The van der Waals surface area contributed by atoms with Gasteiger partial charge in [0, 0.05) is 6.42 Å². The van der Waals surface area contributed by atoms with Crippen molar-refractivity contribution in [3.05, 3.63) is 48.6 Å². The van der Waals surface area contributed by atoms with Crippen LogP contribution in [0, 0.1) is 0 Å². The topological polar surface area (TPSA) is 105 Å². The average molecular weight is 726 g/mol. The van der Waals surface area contributed by atoms with Crippen molar-refractivity contribution in [2.75, 3.05) is 40.9 Å². The fraction of sp³-hybridized carbons (Fsp3) is 0.780. The van der Waals surface area contributed by atoms with Gasteiger partial charge >= 0.3 is 7.82 Å². The number of rotatable bonds is 35. The molecule has 8 nitrogen and oxygen atoms in total. The minimum atomic E-state index is -4.31. The third-order valence-corrected chi connectivity index (χ3v) is 9.51. The number of aliphatic hydroxyl groups is 1. The molecule has 0 aliphatic carbocycles. The van der Waals surface area contributed by atoms with Gasteiger partial charge in [0.2, 0.25) is 5.91 Å². The van der Waals surface area contributed by atoms with Gasteiger partial charge in [-0.3, -0.25) is 13.8 Å². The van der Waals surface area contributed by atoms with Crippen LogP contribution in [-0.2, 0) is 18.4 Å². The molecule has 0 heterocycles. The van der Waals surface area contributed by atoms with E-state index in [4.69, 9.17) is 9.05 Å². The molecule has 292 valence electrons. The van der Waals surface area contributed by atoms with E-state index in [9.17, 15) is 19.4 Å². The fourth-order valence-electron chi connectivity index (χ4n) is 5.29. The molecule has 0 aromatic rings. The van der Waals surface area contributed by atoms with Crippen molar-refractivity contribution in [3.8, 4) is 0 Å². The first-order chi connectivity index (χ1) is 24.0. The lowest BCUT2D eigenvalue weighted by molar-refractivity contribution is -0.870. The number of carbonyl (C=O) groups excluding carboxylic acids is 1. The lowest BCUT2D eigenvalue weighted by Crippen LogP contribution is -2.45. The molecule has 3 unspecified atom stereocenters. The Kier molecular flexibility index (Phi) is 32.3. The van der Waals surface area contributed by atoms with Crippen molar-refractivity contribution in [1.82, 2.24) is 5.32 Å². The highest BCUT2D eigenvalue weighted by atomic mass is 31.2. The highest BCUT2D eigenvalue weighted by Crippen LogP contribution is 2.43. The lowest BCUT2D eigenvalue weighted by Gasteiger charge is -2.25. The number of allylic oxidation sites excluding steroid dienone is 7. The highest BCUT2D eigenvalue weighted by molar-refractivity contribution is 7.47. The molecule has 0 aliphatic heterocycles. The Morgan fingerprint density at radius 1 is 0.680 bits per heavy atom. The fourth-order valence-corrected chi connectivity index (χ4v) is 6.02. The van der Waals surface area contributed by atoms with Crippen molar-refractivity contribution in [3.63, 3.8) is 0 Å². The molecular formula is C41H78N2O6P+. The smallest absolute Gasteiger partial charge is 0.387 e. The van der Waals surface area contributed by atoms with Crippen LogP contribution in [0.1, 0.15) is 155 Å². The summed E-state index contributed by atoms with van der Waals surface area (Å²) in [4.78, 5) is 22.7. The van der Waals surface area contributed by atoms with Crippen molar-refractivity contribution >= 4 is 13.7 Å². The first kappa shape index (κ1) is 48.5. The Balaban J connectivity index is 3.97. The molecule has 0 saturated carbocycles. The third-order valence-electron chi connectivity index (χ3n) is 8.52. The number of phosphoric ester groups is 1. The van der Waals surface area contributed by atoms with Gasteiger partial charge in [-0.15, -0.1) is 0 Å². The van der Waals surface area contributed by atoms with Crippen LogP contribution in [-0.4, -0.2) is 73.4 Å². The van der Waals surface area contributed by atoms with Gasteiger partial charge in [0.25, 0.3) is 0 Å². The van der Waals surface area contributed by atoms with Gasteiger partial charge in [0.1, 0.15) is 13.2 Å². The van der Waals surface area contributed by atoms with Crippen LogP contribution in [0.15, 0.2) is 48.6 Å². The summed E-state index contributed by atoms with van der Waals surface area (Å²) in [6.45, 7) is 4.56. The Hall–Kier alpha value is -1.54. The monoisotopic (exact) mass is 726 g/mol. The summed E-state index contributed by atoms with van der Waals surface area (Å²) in [5.74, 6) is -0.196. The van der Waals surface area contributed by atoms with E-state index >= 15 is 0 Å². The molecule has 3 atom stereocenters. The zero-order valence-electron chi connectivity index (χ0n) is 32.9. The first-order valence-corrected chi connectivity index (χ1v) is 21.5. The number of nitrogens with zero attached hydrogens (tertiary/aromatic N) is 1. The summed E-state index contributed by atoms with van der Waals surface area (Å²) in [5.41, 5.74) is 0. The second-order valence-corrected chi connectivity index (χ2v) is 16.1. The third kappa shape index (κ3) is 34.9. The van der Waals surface area contributed by atoms with E-state index in [2.05, 4.69) is 48.7 Å². The maximum Gasteiger partial charge on any atom is 0.472 e. The van der Waals surface area contributed by atoms with E-state index in [0.717, 1.165) is 44.9 Å². The summed E-state index contributed by atoms with van der Waals surface area (Å²) in [6, 6.07) is -0.844. The van der Waals surface area contributed by atoms with E-state index in [0.29, 0.717) is 17.4 Å². The quantitative estimate of drug-likeness (QED) is 0.0260. The molecule has 0 rings (SSSR count). The average Bonchev–Trinajstić information content (AvgIpc) is 3.06. The van der Waals surface area contributed by atoms with Crippen molar-refractivity contribution in [2.24, 2.45) is 0 Å². The van der Waals surface area contributed by atoms with Gasteiger partial charge in [-0.2, -0.15) is 0 Å². The summed E-state index contributed by atoms with van der Waals surface area (Å²) >= 11 is 0. The number of likely N-dealkylation sites (N-methyl/N-ethyl adjacent to an activating group) is 1. The molecule has 50 heavy (non-hydrogen) atoms. The molecule has 0 saturated heterocycles. The van der Waals surface area contributed by atoms with E-state index in [1.165, 1.54) is 89.9 Å². The Morgan fingerprint density at radius 2 is 1.18 bits per heavy atom. The molecule has 1 amide bonds. The molecule has 0 radical (unpaired) electrons. The molecule has 3 N–H and O–H groups in total. The van der Waals surface area contributed by atoms with E-state index < -0.39 is 20.0 Å². The molecule has 0 fully saturated rings. The SMILES string of the molecule is CCC/C=C/C(O)C(COP(=O)(O)OCC[N+](C)(C)C)NC(=O)CCCCCCCCCCCC/C=C\C/C=C\C/C=C\CCCCCCC. The number of hydrogen-bond donors (Lipinski definition) is 3. The van der Waals surface area contributed by atoms with E-state index in [1.807, 2.05) is 34.1 Å². The van der Waals surface area contributed by atoms with E-state index in [1.54, 1.807) is 6.08 Å². The van der Waals surface area contributed by atoms with Gasteiger partial charge in [0.05, 0.1) is 39.9 Å². The van der Waals surface area contributed by atoms with E-state index in [-0.39, 0.29) is 19.1 Å². The molecule has 0 spiro atoms. The summed E-state index contributed by atoms with van der Waals surface area (Å²) in [6.07, 6.45) is 41.2. The number of amides is 1. The van der Waals surface area contributed by atoms with Crippen LogP contribution in [0.5, 0.6) is 0 Å². The number of aliphatic hydroxyl groups excluding tert-OH is 1. The molecule has 0 aromatic carbocycles. The predicted molar refractivity (Wildman–Crippen MR) is 212 cm³/mol. The number of carbonyl (C=O) groups is 1. The number of quaternary nitrogens is 1. The van der Waals surface area contributed by atoms with Crippen LogP contribution in [0.25, 0.3) is 0 Å². The summed E-state index contributed by atoms with van der Waals surface area (Å²) in [7, 11) is 1.55. The lowest BCUT2D eigenvalue weighted by atomic mass is 10.0. The predicted octanol–water partition coefficient (Wildman–Crippen LogP) is 10.5. The van der Waals surface area contributed by atoms with Crippen molar-refractivity contribution < 1.29 is 32.9 Å². The molecule has 0 aromatic heterocycles. The maximum absolute atomic E-state index is 12.6. The maximum atomic E-state index is 12.6. The van der Waals surface area contributed by atoms with Gasteiger partial charge in [-0.25, -0.2) is 4.57 Å². The Labute approximate surface area is 308 Å². The number of phosphoric acid groups is 1. The molecule has 0 aliphatic rings. The number of nitrogens with one attached hydrogen (secondary N) is 1. The van der Waals surface area contributed by atoms with Crippen LogP contribution >= 0.6 is 7.82 Å². The Bertz CT molecular complexity index is 959. The Morgan fingerprint density at radius 3 is 1.70 bits per heavy atom. The van der Waals surface area contributed by atoms with Crippen LogP contribution < -0.4 is 5.32 Å². The summed E-state index contributed by atoms with van der Waals surface area (Å²) < 4.78 is 23.2. The van der Waals surface area contributed by atoms with Crippen molar-refractivity contribution in [1.29, 1.82) is 0 Å². The van der Waals surface area contributed by atoms with Crippen molar-refractivity contribution in [2.45, 2.75) is 167 Å². The van der Waals surface area contributed by atoms with Crippen LogP contribution in [0.3, 0.4) is 0 Å². The van der Waals surface area contributed by atoms with Gasteiger partial charge < -0.3 is 19.8 Å². The zero-order chi connectivity index (χ0) is 37.2. The molecule has 0 bridgehead atoms. The standard InChI is InChI=1S/C41H77N2O6P/c1-6-8-10-11-12-13-14-15-16-17-18-19-20-21-22-23-24-25-26-27-28-29-30-31-33-35-41(45)42-39(40(44)34-32-9-7-2)38-49-50(46,47)48-37-36-43(3,4)5/h14-15,17-18,20-21,32,34,39-40,44H,6-13,16,19,22-31,33,35-38H2,1-5H3,(H-,42,45,46,47)/p+1/b15-14-,18-17-,21-20-,34-32+. The zero-order valence-corrected chi connectivity index (χ0v) is 33.8. The second kappa shape index (κ2) is 33.3. The first-order valence-electron chi connectivity index (χ1n) is 20.0. The second-order valence-electron chi connectivity index (χ2n) is 14.7. The molecule has 9 heteroatoms. The largest absolute Gasteiger partial charge is 0.472 e. The highest BCUT2D eigenvalue weighted by Gasteiger charge is 2.27. The normalized spacial score (nSPS) is 15.1. The van der Waals surface area contributed by atoms with Crippen LogP contribution in [0.2, 0.25) is 0 Å². The molecular weight excluding hydrogens is 647 g/mol. The number of unbranched alkanes of at least 4 members (excludes halogenated alkanes) is 16. The van der Waals surface area contributed by atoms with Gasteiger partial charge in [0.15, 0.2) is 0 Å². The minimum Gasteiger partial charge on any atom is -0.387 e. The van der Waals surface area contributed by atoms with Gasteiger partial charge in [-0.1, -0.05) is 146 Å². The van der Waals surface area contributed by atoms with Crippen LogP contribution in [0.4, 0.5) is 0 Å².